The second-order valence-corrected chi connectivity index (χ2v) is 6.63. The number of hydrogen-bond acceptors (Lipinski definition) is 4. The van der Waals surface area contributed by atoms with Crippen molar-refractivity contribution in [3.05, 3.63) is 82.2 Å². The van der Waals surface area contributed by atoms with Crippen LogP contribution < -0.4 is 15.4 Å². The third kappa shape index (κ3) is 5.32. The van der Waals surface area contributed by atoms with Crippen molar-refractivity contribution >= 4 is 17.3 Å². The number of rotatable bonds is 7. The number of benzene rings is 1. The van der Waals surface area contributed by atoms with E-state index in [1.807, 2.05) is 48.5 Å². The van der Waals surface area contributed by atoms with Gasteiger partial charge in [-0.05, 0) is 23.1 Å². The highest BCUT2D eigenvalue weighted by Crippen LogP contribution is 2.16. The molecule has 0 aliphatic rings. The molecule has 0 fully saturated rings. The third-order valence-corrected chi connectivity index (χ3v) is 4.62. The van der Waals surface area contributed by atoms with Crippen LogP contribution in [0.5, 0.6) is 5.88 Å². The maximum atomic E-state index is 5.90. The maximum absolute atomic E-state index is 5.90. The monoisotopic (exact) mass is 366 g/mol. The Bertz CT molecular complexity index is 819. The molecule has 2 aromatic heterocycles. The first-order chi connectivity index (χ1) is 12.8. The Kier molecular flexibility index (Phi) is 6.61. The Balaban J connectivity index is 1.55. The highest BCUT2D eigenvalue weighted by molar-refractivity contribution is 7.09. The van der Waals surface area contributed by atoms with Crippen molar-refractivity contribution in [1.82, 2.24) is 15.6 Å². The van der Waals surface area contributed by atoms with Crippen LogP contribution in [0, 0.1) is 0 Å². The van der Waals surface area contributed by atoms with Gasteiger partial charge in [-0.15, -0.1) is 11.3 Å². The molecular weight excluding hydrogens is 344 g/mol. The van der Waals surface area contributed by atoms with E-state index in [0.717, 1.165) is 23.6 Å². The molecule has 0 aliphatic heterocycles. The van der Waals surface area contributed by atoms with Crippen molar-refractivity contribution in [2.24, 2.45) is 4.99 Å². The highest BCUT2D eigenvalue weighted by Gasteiger charge is 2.07. The Hall–Kier alpha value is -2.86. The summed E-state index contributed by atoms with van der Waals surface area (Å²) in [6.45, 7) is 1.83. The fourth-order valence-electron chi connectivity index (χ4n) is 2.40. The van der Waals surface area contributed by atoms with Gasteiger partial charge in [-0.3, -0.25) is 4.99 Å². The molecule has 0 aliphatic carbocycles. The summed E-state index contributed by atoms with van der Waals surface area (Å²) in [6.07, 6.45) is 1.74. The zero-order chi connectivity index (χ0) is 18.0. The van der Waals surface area contributed by atoms with E-state index in [-0.39, 0.29) is 0 Å². The van der Waals surface area contributed by atoms with E-state index in [1.54, 1.807) is 24.6 Å². The van der Waals surface area contributed by atoms with Gasteiger partial charge in [-0.1, -0.05) is 42.5 Å². The molecule has 3 rings (SSSR count). The molecule has 6 heteroatoms. The molecule has 0 atom stereocenters. The molecular formula is C20H22N4OS. The van der Waals surface area contributed by atoms with E-state index >= 15 is 0 Å². The van der Waals surface area contributed by atoms with Crippen LogP contribution >= 0.6 is 11.3 Å². The zero-order valence-electron chi connectivity index (χ0n) is 14.7. The molecule has 2 N–H and O–H groups in total. The molecule has 26 heavy (non-hydrogen) atoms. The first kappa shape index (κ1) is 17.9. The minimum atomic E-state index is 0.496. The smallest absolute Gasteiger partial charge is 0.218 e. The van der Waals surface area contributed by atoms with Crippen LogP contribution in [0.15, 0.2) is 71.2 Å². The second-order valence-electron chi connectivity index (χ2n) is 5.60. The summed E-state index contributed by atoms with van der Waals surface area (Å²) in [6, 6.07) is 18.1. The van der Waals surface area contributed by atoms with Gasteiger partial charge in [0.1, 0.15) is 6.61 Å². The van der Waals surface area contributed by atoms with E-state index in [1.165, 1.54) is 4.88 Å². The number of nitrogens with zero attached hydrogens (tertiary/aromatic N) is 2. The van der Waals surface area contributed by atoms with Gasteiger partial charge in [0.05, 0.1) is 6.54 Å². The molecule has 0 spiro atoms. The number of thiophene rings is 1. The summed E-state index contributed by atoms with van der Waals surface area (Å²) in [5, 5.41) is 8.69. The molecule has 134 valence electrons. The van der Waals surface area contributed by atoms with Crippen molar-refractivity contribution in [2.45, 2.75) is 19.7 Å². The van der Waals surface area contributed by atoms with Crippen molar-refractivity contribution in [1.29, 1.82) is 0 Å². The van der Waals surface area contributed by atoms with E-state index in [2.05, 4.69) is 32.1 Å². The van der Waals surface area contributed by atoms with Gasteiger partial charge in [0.15, 0.2) is 5.96 Å². The van der Waals surface area contributed by atoms with Gasteiger partial charge < -0.3 is 15.4 Å². The van der Waals surface area contributed by atoms with Crippen LogP contribution in [0.4, 0.5) is 0 Å². The van der Waals surface area contributed by atoms with E-state index < -0.39 is 0 Å². The van der Waals surface area contributed by atoms with Crippen LogP contribution in [0.2, 0.25) is 0 Å². The molecule has 0 unspecified atom stereocenters. The number of aliphatic imine (C=N–C) groups is 1. The largest absolute Gasteiger partial charge is 0.473 e. The summed E-state index contributed by atoms with van der Waals surface area (Å²) in [4.78, 5) is 9.89. The van der Waals surface area contributed by atoms with Crippen molar-refractivity contribution in [3.63, 3.8) is 0 Å². The topological polar surface area (TPSA) is 58.5 Å². The van der Waals surface area contributed by atoms with Gasteiger partial charge in [0, 0.05) is 30.2 Å². The van der Waals surface area contributed by atoms with Crippen LogP contribution in [-0.2, 0) is 19.7 Å². The third-order valence-electron chi connectivity index (χ3n) is 3.75. The van der Waals surface area contributed by atoms with Crippen molar-refractivity contribution in [2.75, 3.05) is 7.05 Å². The lowest BCUT2D eigenvalue weighted by Crippen LogP contribution is -2.36. The Morgan fingerprint density at radius 1 is 1.04 bits per heavy atom. The summed E-state index contributed by atoms with van der Waals surface area (Å²) in [7, 11) is 1.76. The van der Waals surface area contributed by atoms with Gasteiger partial charge in [-0.25, -0.2) is 4.98 Å². The average molecular weight is 366 g/mol. The number of pyridine rings is 1. The van der Waals surface area contributed by atoms with E-state index in [0.29, 0.717) is 19.0 Å². The maximum Gasteiger partial charge on any atom is 0.218 e. The summed E-state index contributed by atoms with van der Waals surface area (Å²) < 4.78 is 5.90. The highest BCUT2D eigenvalue weighted by atomic mass is 32.1. The van der Waals surface area contributed by atoms with Crippen LogP contribution in [-0.4, -0.2) is 18.0 Å². The number of aromatic nitrogens is 1. The molecule has 0 amide bonds. The number of nitrogens with one attached hydrogen (secondary N) is 2. The molecule has 0 radical (unpaired) electrons. The summed E-state index contributed by atoms with van der Waals surface area (Å²) >= 11 is 1.72. The first-order valence-electron chi connectivity index (χ1n) is 8.42. The molecule has 1 aromatic carbocycles. The SMILES string of the molecule is CN=C(NCc1cccs1)NCc1cccnc1OCc1ccccc1. The van der Waals surface area contributed by atoms with Crippen molar-refractivity contribution < 1.29 is 4.74 Å². The number of guanidine groups is 1. The van der Waals surface area contributed by atoms with Gasteiger partial charge in [0.25, 0.3) is 0 Å². The molecule has 0 saturated heterocycles. The fraction of sp³-hybridized carbons (Fsp3) is 0.200. The Labute approximate surface area is 157 Å². The number of ether oxygens (including phenoxy) is 1. The molecule has 2 heterocycles. The number of hydrogen-bond donors (Lipinski definition) is 2. The summed E-state index contributed by atoms with van der Waals surface area (Å²) in [5.41, 5.74) is 2.10. The van der Waals surface area contributed by atoms with Crippen molar-refractivity contribution in [3.8, 4) is 5.88 Å². The zero-order valence-corrected chi connectivity index (χ0v) is 15.5. The van der Waals surface area contributed by atoms with Gasteiger partial charge >= 0.3 is 0 Å². The minimum absolute atomic E-state index is 0.496. The van der Waals surface area contributed by atoms with E-state index in [4.69, 9.17) is 4.74 Å². The molecule has 0 saturated carbocycles. The lowest BCUT2D eigenvalue weighted by Gasteiger charge is -2.14. The van der Waals surface area contributed by atoms with E-state index in [9.17, 15) is 0 Å². The normalized spacial score (nSPS) is 11.2. The van der Waals surface area contributed by atoms with Gasteiger partial charge in [0.2, 0.25) is 5.88 Å². The minimum Gasteiger partial charge on any atom is -0.473 e. The fourth-order valence-corrected chi connectivity index (χ4v) is 3.04. The lowest BCUT2D eigenvalue weighted by atomic mass is 10.2. The van der Waals surface area contributed by atoms with Crippen LogP contribution in [0.25, 0.3) is 0 Å². The molecule has 0 bridgehead atoms. The lowest BCUT2D eigenvalue weighted by molar-refractivity contribution is 0.290. The first-order valence-corrected chi connectivity index (χ1v) is 9.30. The summed E-state index contributed by atoms with van der Waals surface area (Å²) in [5.74, 6) is 1.38. The Morgan fingerprint density at radius 3 is 2.65 bits per heavy atom. The van der Waals surface area contributed by atoms with Gasteiger partial charge in [-0.2, -0.15) is 0 Å². The van der Waals surface area contributed by atoms with Crippen LogP contribution in [0.3, 0.4) is 0 Å². The predicted octanol–water partition coefficient (Wildman–Crippen LogP) is 3.59. The van der Waals surface area contributed by atoms with Crippen LogP contribution in [0.1, 0.15) is 16.0 Å². The standard InChI is InChI=1S/C20H22N4OS/c1-21-20(24-14-18-10-6-12-26-18)23-13-17-9-5-11-22-19(17)25-15-16-7-3-2-4-8-16/h2-12H,13-15H2,1H3,(H2,21,23,24). The molecule has 3 aromatic rings. The average Bonchev–Trinajstić information content (AvgIpc) is 3.21. The predicted molar refractivity (Wildman–Crippen MR) is 106 cm³/mol. The quantitative estimate of drug-likeness (QED) is 0.496. The molecule has 5 nitrogen and oxygen atoms in total. The Morgan fingerprint density at radius 2 is 1.88 bits per heavy atom. The second kappa shape index (κ2) is 9.58.